The van der Waals surface area contributed by atoms with Crippen molar-refractivity contribution in [2.24, 2.45) is 0 Å². The zero-order chi connectivity index (χ0) is 23.4. The van der Waals surface area contributed by atoms with E-state index in [1.54, 1.807) is 25.3 Å². The summed E-state index contributed by atoms with van der Waals surface area (Å²) in [5.74, 6) is 2.14. The number of halogens is 1. The average Bonchev–Trinajstić information content (AvgIpc) is 3.26. The minimum atomic E-state index is -0.247. The first kappa shape index (κ1) is 22.9. The van der Waals surface area contributed by atoms with E-state index in [1.165, 1.54) is 5.56 Å². The summed E-state index contributed by atoms with van der Waals surface area (Å²) in [6, 6.07) is 18.8. The van der Waals surface area contributed by atoms with E-state index >= 15 is 0 Å². The molecule has 0 aliphatic heterocycles. The van der Waals surface area contributed by atoms with Crippen molar-refractivity contribution >= 4 is 38.6 Å². The number of rotatable bonds is 8. The quantitative estimate of drug-likeness (QED) is 0.283. The summed E-state index contributed by atoms with van der Waals surface area (Å²) in [5.41, 5.74) is 3.98. The molecule has 0 saturated carbocycles. The van der Waals surface area contributed by atoms with Gasteiger partial charge >= 0.3 is 0 Å². The number of oxazole rings is 1. The highest BCUT2D eigenvalue weighted by Crippen LogP contribution is 2.32. The van der Waals surface area contributed by atoms with Gasteiger partial charge in [-0.3, -0.25) is 4.79 Å². The molecule has 4 rings (SSSR count). The Balaban J connectivity index is 1.40. The number of ether oxygens (including phenoxy) is 2. The van der Waals surface area contributed by atoms with Crippen LogP contribution >= 0.6 is 15.9 Å². The smallest absolute Gasteiger partial charge is 0.262 e. The third-order valence-electron chi connectivity index (χ3n) is 5.50. The first-order chi connectivity index (χ1) is 16.0. The summed E-state index contributed by atoms with van der Waals surface area (Å²) >= 11 is 3.48. The topological polar surface area (TPSA) is 73.6 Å². The van der Waals surface area contributed by atoms with E-state index in [-0.39, 0.29) is 12.5 Å². The number of nitrogens with one attached hydrogen (secondary N) is 1. The highest BCUT2D eigenvalue weighted by atomic mass is 79.9. The number of amides is 1. The van der Waals surface area contributed by atoms with Crippen LogP contribution in [-0.2, 0) is 4.79 Å². The number of nitrogens with zero attached hydrogens (tertiary/aromatic N) is 1. The maximum Gasteiger partial charge on any atom is 0.262 e. The Bertz CT molecular complexity index is 1270. The number of carbonyl (C=O) groups is 1. The summed E-state index contributed by atoms with van der Waals surface area (Å²) in [4.78, 5) is 16.9. The molecule has 0 fully saturated rings. The van der Waals surface area contributed by atoms with Crippen LogP contribution in [0, 0.1) is 0 Å². The van der Waals surface area contributed by atoms with Crippen molar-refractivity contribution in [2.45, 2.75) is 26.2 Å². The third-order valence-corrected chi connectivity index (χ3v) is 6.12. The van der Waals surface area contributed by atoms with Crippen molar-refractivity contribution in [3.63, 3.8) is 0 Å². The van der Waals surface area contributed by atoms with Gasteiger partial charge in [0.1, 0.15) is 17.0 Å². The van der Waals surface area contributed by atoms with Crippen LogP contribution in [-0.4, -0.2) is 24.6 Å². The van der Waals surface area contributed by atoms with E-state index in [9.17, 15) is 4.79 Å². The lowest BCUT2D eigenvalue weighted by atomic mass is 9.99. The summed E-state index contributed by atoms with van der Waals surface area (Å²) in [6.45, 7) is 4.27. The van der Waals surface area contributed by atoms with Gasteiger partial charge in [0, 0.05) is 11.3 Å². The molecule has 170 valence electrons. The molecule has 0 unspecified atom stereocenters. The van der Waals surface area contributed by atoms with Gasteiger partial charge in [-0.15, -0.1) is 0 Å². The molecule has 33 heavy (non-hydrogen) atoms. The molecule has 0 saturated heterocycles. The number of hydrogen-bond donors (Lipinski definition) is 1. The Morgan fingerprint density at radius 1 is 1.12 bits per heavy atom. The van der Waals surface area contributed by atoms with Crippen LogP contribution in [0.5, 0.6) is 11.5 Å². The van der Waals surface area contributed by atoms with E-state index in [2.05, 4.69) is 40.1 Å². The molecule has 1 amide bonds. The number of fused-ring (bicyclic) bond motifs is 1. The Morgan fingerprint density at radius 3 is 2.61 bits per heavy atom. The van der Waals surface area contributed by atoms with Crippen molar-refractivity contribution < 1.29 is 18.7 Å². The predicted molar refractivity (Wildman–Crippen MR) is 133 cm³/mol. The molecule has 1 aromatic heterocycles. The minimum Gasteiger partial charge on any atom is -0.496 e. The lowest BCUT2D eigenvalue weighted by molar-refractivity contribution is -0.118. The van der Waals surface area contributed by atoms with Crippen molar-refractivity contribution in [3.05, 3.63) is 70.7 Å². The van der Waals surface area contributed by atoms with Crippen molar-refractivity contribution in [3.8, 4) is 23.0 Å². The Morgan fingerprint density at radius 2 is 1.91 bits per heavy atom. The number of methoxy groups -OCH3 is 1. The number of anilines is 1. The van der Waals surface area contributed by atoms with Gasteiger partial charge in [0.2, 0.25) is 5.89 Å². The Kier molecular flexibility index (Phi) is 6.99. The highest BCUT2D eigenvalue weighted by Gasteiger charge is 2.12. The maximum absolute atomic E-state index is 12.4. The van der Waals surface area contributed by atoms with Crippen molar-refractivity contribution in [1.82, 2.24) is 4.98 Å². The van der Waals surface area contributed by atoms with Crippen LogP contribution in [0.1, 0.15) is 31.7 Å². The fraction of sp³-hybridized carbons (Fsp3) is 0.231. The fourth-order valence-corrected chi connectivity index (χ4v) is 3.94. The highest BCUT2D eigenvalue weighted by molar-refractivity contribution is 9.10. The van der Waals surface area contributed by atoms with Crippen LogP contribution in [0.15, 0.2) is 69.6 Å². The zero-order valence-corrected chi connectivity index (χ0v) is 20.3. The van der Waals surface area contributed by atoms with E-state index in [0.29, 0.717) is 34.3 Å². The van der Waals surface area contributed by atoms with Crippen LogP contribution in [0.25, 0.3) is 22.6 Å². The minimum absolute atomic E-state index is 0.0787. The van der Waals surface area contributed by atoms with Gasteiger partial charge < -0.3 is 19.2 Å². The number of aromatic nitrogens is 1. The molecule has 7 heteroatoms. The molecule has 6 nitrogen and oxygen atoms in total. The molecule has 4 aromatic rings. The standard InChI is InChI=1S/C26H25BrN2O4/c1-4-16(2)17-5-9-20(10-6-17)32-15-25(30)28-19-8-12-24-22(14-19)29-26(33-24)18-7-11-23(31-3)21(27)13-18/h5-14,16H,4,15H2,1-3H3,(H,28,30)/t16-/m0/s1. The van der Waals surface area contributed by atoms with Gasteiger partial charge in [-0.05, 0) is 82.4 Å². The molecule has 0 radical (unpaired) electrons. The van der Waals surface area contributed by atoms with Gasteiger partial charge in [-0.2, -0.15) is 0 Å². The van der Waals surface area contributed by atoms with E-state index < -0.39 is 0 Å². The predicted octanol–water partition coefficient (Wildman–Crippen LogP) is 6.80. The van der Waals surface area contributed by atoms with Crippen molar-refractivity contribution in [2.75, 3.05) is 19.0 Å². The largest absolute Gasteiger partial charge is 0.496 e. The summed E-state index contributed by atoms with van der Waals surface area (Å²) < 4.78 is 17.6. The van der Waals surface area contributed by atoms with E-state index in [0.717, 1.165) is 22.2 Å². The second-order valence-electron chi connectivity index (χ2n) is 7.77. The van der Waals surface area contributed by atoms with Gasteiger partial charge in [-0.25, -0.2) is 4.98 Å². The summed E-state index contributed by atoms with van der Waals surface area (Å²) in [5, 5.41) is 2.85. The van der Waals surface area contributed by atoms with Crippen molar-refractivity contribution in [1.29, 1.82) is 0 Å². The molecule has 0 aliphatic carbocycles. The Labute approximate surface area is 201 Å². The first-order valence-corrected chi connectivity index (χ1v) is 11.5. The molecule has 1 N–H and O–H groups in total. The van der Waals surface area contributed by atoms with Gasteiger partial charge in [0.25, 0.3) is 5.91 Å². The van der Waals surface area contributed by atoms with Crippen LogP contribution < -0.4 is 14.8 Å². The monoisotopic (exact) mass is 508 g/mol. The van der Waals surface area contributed by atoms with Crippen LogP contribution in [0.4, 0.5) is 5.69 Å². The fourth-order valence-electron chi connectivity index (χ4n) is 3.40. The summed E-state index contributed by atoms with van der Waals surface area (Å²) in [7, 11) is 1.61. The average molecular weight is 509 g/mol. The first-order valence-electron chi connectivity index (χ1n) is 10.7. The van der Waals surface area contributed by atoms with E-state index in [1.807, 2.05) is 42.5 Å². The molecule has 3 aromatic carbocycles. The SMILES string of the molecule is CC[C@H](C)c1ccc(OCC(=O)Nc2ccc3oc(-c4ccc(OC)c(Br)c4)nc3c2)cc1. The molecule has 0 bridgehead atoms. The van der Waals surface area contributed by atoms with E-state index in [4.69, 9.17) is 13.9 Å². The van der Waals surface area contributed by atoms with Crippen LogP contribution in [0.2, 0.25) is 0 Å². The maximum atomic E-state index is 12.4. The molecular formula is C26H25BrN2O4. The second-order valence-corrected chi connectivity index (χ2v) is 8.62. The van der Waals surface area contributed by atoms with Gasteiger partial charge in [-0.1, -0.05) is 26.0 Å². The molecular weight excluding hydrogens is 484 g/mol. The molecule has 1 atom stereocenters. The lowest BCUT2D eigenvalue weighted by Crippen LogP contribution is -2.20. The lowest BCUT2D eigenvalue weighted by Gasteiger charge is -2.11. The summed E-state index contributed by atoms with van der Waals surface area (Å²) in [6.07, 6.45) is 1.08. The zero-order valence-electron chi connectivity index (χ0n) is 18.7. The number of hydrogen-bond acceptors (Lipinski definition) is 5. The molecule has 0 aliphatic rings. The number of benzene rings is 3. The Hall–Kier alpha value is -3.32. The van der Waals surface area contributed by atoms with Gasteiger partial charge in [0.15, 0.2) is 12.2 Å². The molecule has 1 heterocycles. The second kappa shape index (κ2) is 10.1. The molecule has 0 spiro atoms. The van der Waals surface area contributed by atoms with Gasteiger partial charge in [0.05, 0.1) is 11.6 Å². The van der Waals surface area contributed by atoms with Crippen LogP contribution in [0.3, 0.4) is 0 Å². The number of carbonyl (C=O) groups excluding carboxylic acids is 1. The third kappa shape index (κ3) is 5.37. The normalized spacial score (nSPS) is 11.9.